The molecule has 2 aliphatic rings. The summed E-state index contributed by atoms with van der Waals surface area (Å²) in [5.41, 5.74) is 5.04. The number of anilines is 2. The fraction of sp³-hybridized carbons (Fsp3) is 0.357. The van der Waals surface area contributed by atoms with Gasteiger partial charge in [0.25, 0.3) is 5.13 Å². The minimum Gasteiger partial charge on any atom is -0.363 e. The summed E-state index contributed by atoms with van der Waals surface area (Å²) >= 11 is 3.15. The van der Waals surface area contributed by atoms with Gasteiger partial charge in [-0.05, 0) is 99.2 Å². The molecule has 0 N–H and O–H groups in total. The molecular weight excluding hydrogens is 541 g/mol. The van der Waals surface area contributed by atoms with Crippen LogP contribution in [0.25, 0.3) is 0 Å². The number of aromatic nitrogens is 2. The van der Waals surface area contributed by atoms with Gasteiger partial charge in [-0.15, -0.1) is 30.7 Å². The smallest absolute Gasteiger partial charge is 0.253 e. The molecule has 0 unspecified atom stereocenters. The van der Waals surface area contributed by atoms with Gasteiger partial charge >= 0.3 is 0 Å². The quantitative estimate of drug-likeness (QED) is 0.197. The van der Waals surface area contributed by atoms with Gasteiger partial charge in [0, 0.05) is 26.2 Å². The lowest BCUT2D eigenvalue weighted by molar-refractivity contribution is 0.925. The van der Waals surface area contributed by atoms with Gasteiger partial charge in [0.15, 0.2) is 0 Å². The monoisotopic (exact) mass is 570 g/mol. The third-order valence-electron chi connectivity index (χ3n) is 6.92. The molecular formula is C28H30N10S2. The lowest BCUT2D eigenvalue weighted by Gasteiger charge is -2.13. The molecule has 4 aromatic rings. The van der Waals surface area contributed by atoms with Crippen molar-refractivity contribution >= 4 is 65.7 Å². The van der Waals surface area contributed by atoms with E-state index in [1.54, 1.807) is 11.3 Å². The lowest BCUT2D eigenvalue weighted by atomic mass is 10.2. The van der Waals surface area contributed by atoms with Crippen LogP contribution in [0.5, 0.6) is 0 Å². The maximum atomic E-state index is 4.46. The van der Waals surface area contributed by atoms with E-state index in [-0.39, 0.29) is 0 Å². The van der Waals surface area contributed by atoms with Crippen LogP contribution in [0.15, 0.2) is 79.2 Å². The molecule has 204 valence electrons. The highest BCUT2D eigenvalue weighted by atomic mass is 32.1. The summed E-state index contributed by atoms with van der Waals surface area (Å²) in [5.74, 6) is 0. The molecule has 0 bridgehead atoms. The molecule has 4 heterocycles. The van der Waals surface area contributed by atoms with Crippen molar-refractivity contribution in [2.45, 2.75) is 39.5 Å². The molecule has 0 radical (unpaired) electrons. The summed E-state index contributed by atoms with van der Waals surface area (Å²) in [4.78, 5) is 4.66. The number of azo groups is 3. The first kappa shape index (κ1) is 26.3. The molecule has 2 aromatic carbocycles. The molecule has 0 atom stereocenters. The number of hydrogen-bond acceptors (Lipinski definition) is 12. The van der Waals surface area contributed by atoms with E-state index in [0.29, 0.717) is 5.13 Å². The Bertz CT molecular complexity index is 1560. The molecule has 2 aliphatic heterocycles. The van der Waals surface area contributed by atoms with Crippen molar-refractivity contribution in [2.75, 3.05) is 36.0 Å². The van der Waals surface area contributed by atoms with Crippen LogP contribution in [-0.2, 0) is 0 Å². The molecule has 40 heavy (non-hydrogen) atoms. The Morgan fingerprint density at radius 3 is 1.85 bits per heavy atom. The predicted octanol–water partition coefficient (Wildman–Crippen LogP) is 9.66. The average Bonchev–Trinajstić information content (AvgIpc) is 3.78. The third kappa shape index (κ3) is 6.28. The summed E-state index contributed by atoms with van der Waals surface area (Å²) in [6.45, 7) is 8.31. The molecule has 6 rings (SSSR count). The highest BCUT2D eigenvalue weighted by molar-refractivity contribution is 7.19. The van der Waals surface area contributed by atoms with E-state index in [4.69, 9.17) is 0 Å². The van der Waals surface area contributed by atoms with Crippen molar-refractivity contribution in [1.82, 2.24) is 10.2 Å². The normalized spacial score (nSPS) is 16.1. The van der Waals surface area contributed by atoms with E-state index in [9.17, 15) is 0 Å². The van der Waals surface area contributed by atoms with Gasteiger partial charge in [-0.25, -0.2) is 0 Å². The maximum Gasteiger partial charge on any atom is 0.253 e. The fourth-order valence-corrected chi connectivity index (χ4v) is 6.31. The predicted molar refractivity (Wildman–Crippen MR) is 162 cm³/mol. The van der Waals surface area contributed by atoms with Crippen molar-refractivity contribution in [3.05, 3.63) is 59.7 Å². The van der Waals surface area contributed by atoms with Crippen LogP contribution >= 0.6 is 22.7 Å². The zero-order chi connectivity index (χ0) is 27.3. The Labute approximate surface area is 241 Å². The van der Waals surface area contributed by atoms with E-state index < -0.39 is 0 Å². The van der Waals surface area contributed by atoms with Crippen molar-refractivity contribution in [3.63, 3.8) is 0 Å². The Hall–Kier alpha value is -3.90. The Morgan fingerprint density at radius 2 is 1.20 bits per heavy atom. The van der Waals surface area contributed by atoms with Gasteiger partial charge in [-0.2, -0.15) is 10.2 Å². The molecule has 2 saturated heterocycles. The first-order chi connectivity index (χ1) is 19.6. The molecule has 0 saturated carbocycles. The number of nitrogens with zero attached hydrogens (tertiary/aromatic N) is 10. The SMILES string of the molecule is Cc1cc(/N=N/c2ccc(N3CCCC3)s2)ccc1/N=N/c1ccc(/N=N/c2nnc(N3CCCC3)s2)c(C)c1. The molecule has 0 aliphatic carbocycles. The van der Waals surface area contributed by atoms with Crippen LogP contribution in [0.2, 0.25) is 0 Å². The maximum absolute atomic E-state index is 4.46. The number of benzene rings is 2. The van der Waals surface area contributed by atoms with Crippen molar-refractivity contribution in [3.8, 4) is 0 Å². The van der Waals surface area contributed by atoms with Crippen LogP contribution in [0, 0.1) is 13.8 Å². The van der Waals surface area contributed by atoms with Crippen LogP contribution < -0.4 is 9.80 Å². The Kier molecular flexibility index (Phi) is 7.96. The van der Waals surface area contributed by atoms with E-state index >= 15 is 0 Å². The zero-order valence-electron chi connectivity index (χ0n) is 22.6. The summed E-state index contributed by atoms with van der Waals surface area (Å²) in [6.07, 6.45) is 4.93. The molecule has 2 fully saturated rings. The minimum absolute atomic E-state index is 0.561. The van der Waals surface area contributed by atoms with Crippen LogP contribution in [0.4, 0.5) is 43.0 Å². The Morgan fingerprint density at radius 1 is 0.600 bits per heavy atom. The summed E-state index contributed by atoms with van der Waals surface area (Å²) in [5, 5.41) is 38.5. The zero-order valence-corrected chi connectivity index (χ0v) is 24.2. The topological polar surface area (TPSA) is 106 Å². The van der Waals surface area contributed by atoms with Crippen LogP contribution in [0.1, 0.15) is 36.8 Å². The van der Waals surface area contributed by atoms with Gasteiger partial charge in [0.2, 0.25) is 5.13 Å². The van der Waals surface area contributed by atoms with Crippen molar-refractivity contribution in [1.29, 1.82) is 0 Å². The molecule has 12 heteroatoms. The second-order valence-electron chi connectivity index (χ2n) is 9.91. The molecule has 0 spiro atoms. The number of aryl methyl sites for hydroxylation is 2. The number of hydrogen-bond donors (Lipinski definition) is 0. The van der Waals surface area contributed by atoms with Gasteiger partial charge in [-0.3, -0.25) is 0 Å². The van der Waals surface area contributed by atoms with Gasteiger partial charge < -0.3 is 9.80 Å². The van der Waals surface area contributed by atoms with Crippen molar-refractivity contribution < 1.29 is 0 Å². The van der Waals surface area contributed by atoms with Crippen LogP contribution in [-0.4, -0.2) is 36.4 Å². The first-order valence-corrected chi connectivity index (χ1v) is 15.1. The molecule has 0 amide bonds. The van der Waals surface area contributed by atoms with Gasteiger partial charge in [-0.1, -0.05) is 22.7 Å². The van der Waals surface area contributed by atoms with Crippen LogP contribution in [0.3, 0.4) is 0 Å². The summed E-state index contributed by atoms with van der Waals surface area (Å²) < 4.78 is 0. The lowest BCUT2D eigenvalue weighted by Crippen LogP contribution is -2.17. The third-order valence-corrected chi connectivity index (χ3v) is 8.82. The fourth-order valence-electron chi connectivity index (χ4n) is 4.71. The highest BCUT2D eigenvalue weighted by Crippen LogP contribution is 2.36. The van der Waals surface area contributed by atoms with E-state index in [2.05, 4.69) is 56.7 Å². The second kappa shape index (κ2) is 12.1. The minimum atomic E-state index is 0.561. The van der Waals surface area contributed by atoms with Gasteiger partial charge in [0.05, 0.1) is 27.8 Å². The van der Waals surface area contributed by atoms with E-state index in [1.165, 1.54) is 42.0 Å². The van der Waals surface area contributed by atoms with Crippen molar-refractivity contribution in [2.24, 2.45) is 30.7 Å². The summed E-state index contributed by atoms with van der Waals surface area (Å²) in [7, 11) is 0. The first-order valence-electron chi connectivity index (χ1n) is 13.5. The number of rotatable bonds is 8. The summed E-state index contributed by atoms with van der Waals surface area (Å²) in [6, 6.07) is 15.7. The largest absolute Gasteiger partial charge is 0.363 e. The standard InChI is InChI=1S/C28H30N10S2/c1-19-18-22(30-33-25-11-12-26(39-25)37-13-3-4-14-37)8-9-23(19)31-29-21-7-10-24(20(2)17-21)32-34-27-35-36-28(40-27)38-15-5-6-16-38/h7-12,17-18H,3-6,13-16H2,1-2H3/b31-29+,33-30+,34-32+. The second-order valence-corrected chi connectivity index (χ2v) is 11.9. The number of thiophene rings is 1. The highest BCUT2D eigenvalue weighted by Gasteiger charge is 2.17. The molecule has 10 nitrogen and oxygen atoms in total. The van der Waals surface area contributed by atoms with E-state index in [0.717, 1.165) is 70.2 Å². The molecule has 2 aromatic heterocycles. The average molecular weight is 571 g/mol. The van der Waals surface area contributed by atoms with E-state index in [1.807, 2.05) is 56.3 Å². The van der Waals surface area contributed by atoms with Gasteiger partial charge in [0.1, 0.15) is 5.00 Å². The Balaban J connectivity index is 1.07.